The van der Waals surface area contributed by atoms with E-state index in [-0.39, 0.29) is 11.9 Å². The SMILES string of the molecule is N[C@@H]1CCC[C@H](C2C=CC=CC2)N(CC2CC2)C1=O. The van der Waals surface area contributed by atoms with Crippen LogP contribution in [0.1, 0.15) is 38.5 Å². The molecule has 2 fully saturated rings. The predicted molar refractivity (Wildman–Crippen MR) is 76.4 cm³/mol. The van der Waals surface area contributed by atoms with Crippen molar-refractivity contribution in [1.82, 2.24) is 4.90 Å². The molecule has 1 heterocycles. The highest BCUT2D eigenvalue weighted by Crippen LogP contribution is 2.34. The molecule has 0 spiro atoms. The van der Waals surface area contributed by atoms with Gasteiger partial charge in [-0.2, -0.15) is 0 Å². The first-order valence-electron chi connectivity index (χ1n) is 7.65. The van der Waals surface area contributed by atoms with Gasteiger partial charge in [0.2, 0.25) is 5.91 Å². The summed E-state index contributed by atoms with van der Waals surface area (Å²) in [5, 5.41) is 0. The molecule has 3 atom stereocenters. The average Bonchev–Trinajstić information content (AvgIpc) is 3.26. The fraction of sp³-hybridized carbons (Fsp3) is 0.688. The molecule has 1 aliphatic heterocycles. The Morgan fingerprint density at radius 2 is 2.05 bits per heavy atom. The van der Waals surface area contributed by atoms with Crippen molar-refractivity contribution in [2.45, 2.75) is 50.6 Å². The molecule has 1 saturated carbocycles. The highest BCUT2D eigenvalue weighted by atomic mass is 16.2. The zero-order valence-corrected chi connectivity index (χ0v) is 11.5. The fourth-order valence-corrected chi connectivity index (χ4v) is 3.34. The Balaban J connectivity index is 1.78. The van der Waals surface area contributed by atoms with E-state index >= 15 is 0 Å². The van der Waals surface area contributed by atoms with E-state index in [1.54, 1.807) is 0 Å². The summed E-state index contributed by atoms with van der Waals surface area (Å²) in [6, 6.07) is 0.0923. The summed E-state index contributed by atoms with van der Waals surface area (Å²) in [4.78, 5) is 14.6. The Morgan fingerprint density at radius 1 is 1.21 bits per heavy atom. The van der Waals surface area contributed by atoms with Crippen LogP contribution in [-0.2, 0) is 4.79 Å². The Bertz CT molecular complexity index is 398. The number of hydrogen-bond donors (Lipinski definition) is 1. The molecule has 0 bridgehead atoms. The summed E-state index contributed by atoms with van der Waals surface area (Å²) >= 11 is 0. The van der Waals surface area contributed by atoms with Crippen molar-refractivity contribution in [3.8, 4) is 0 Å². The quantitative estimate of drug-likeness (QED) is 0.846. The first-order valence-corrected chi connectivity index (χ1v) is 7.65. The van der Waals surface area contributed by atoms with E-state index in [4.69, 9.17) is 5.73 Å². The third-order valence-electron chi connectivity index (χ3n) is 4.68. The number of carbonyl (C=O) groups excluding carboxylic acids is 1. The lowest BCUT2D eigenvalue weighted by Crippen LogP contribution is -2.49. The van der Waals surface area contributed by atoms with E-state index in [1.807, 2.05) is 0 Å². The van der Waals surface area contributed by atoms with Crippen molar-refractivity contribution in [2.75, 3.05) is 6.54 Å². The summed E-state index contributed by atoms with van der Waals surface area (Å²) in [5.41, 5.74) is 6.03. The second kappa shape index (κ2) is 5.49. The lowest BCUT2D eigenvalue weighted by atomic mass is 9.89. The van der Waals surface area contributed by atoms with Gasteiger partial charge in [0, 0.05) is 18.5 Å². The van der Waals surface area contributed by atoms with Crippen LogP contribution in [0.25, 0.3) is 0 Å². The van der Waals surface area contributed by atoms with Crippen LogP contribution in [0, 0.1) is 11.8 Å². The van der Waals surface area contributed by atoms with Crippen LogP contribution < -0.4 is 5.73 Å². The molecule has 104 valence electrons. The van der Waals surface area contributed by atoms with Gasteiger partial charge in [0.15, 0.2) is 0 Å². The summed E-state index contributed by atoms with van der Waals surface area (Å²) in [7, 11) is 0. The van der Waals surface area contributed by atoms with Gasteiger partial charge in [-0.05, 0) is 44.4 Å². The maximum atomic E-state index is 12.5. The number of amides is 1. The number of allylic oxidation sites excluding steroid dienone is 3. The third-order valence-corrected chi connectivity index (χ3v) is 4.68. The molecular formula is C16H24N2O. The minimum absolute atomic E-state index is 0.192. The number of rotatable bonds is 3. The van der Waals surface area contributed by atoms with Gasteiger partial charge in [0.05, 0.1) is 6.04 Å². The van der Waals surface area contributed by atoms with Gasteiger partial charge in [-0.15, -0.1) is 0 Å². The molecule has 1 saturated heterocycles. The molecule has 0 aromatic rings. The van der Waals surface area contributed by atoms with Crippen LogP contribution in [0.5, 0.6) is 0 Å². The van der Waals surface area contributed by atoms with Gasteiger partial charge in [0.25, 0.3) is 0 Å². The molecule has 0 aromatic carbocycles. The van der Waals surface area contributed by atoms with Crippen LogP contribution in [0.3, 0.4) is 0 Å². The molecule has 0 radical (unpaired) electrons. The van der Waals surface area contributed by atoms with E-state index < -0.39 is 0 Å². The second-order valence-corrected chi connectivity index (χ2v) is 6.25. The first kappa shape index (κ1) is 12.9. The maximum Gasteiger partial charge on any atom is 0.239 e. The number of hydrogen-bond acceptors (Lipinski definition) is 2. The number of nitrogens with two attached hydrogens (primary N) is 1. The Hall–Kier alpha value is -1.09. The highest BCUT2D eigenvalue weighted by molar-refractivity contribution is 5.82. The monoisotopic (exact) mass is 260 g/mol. The Morgan fingerprint density at radius 3 is 2.74 bits per heavy atom. The third kappa shape index (κ3) is 2.92. The number of carbonyl (C=O) groups is 1. The smallest absolute Gasteiger partial charge is 0.239 e. The summed E-state index contributed by atoms with van der Waals surface area (Å²) in [6.45, 7) is 0.936. The summed E-state index contributed by atoms with van der Waals surface area (Å²) in [6.07, 6.45) is 15.4. The van der Waals surface area contributed by atoms with Crippen LogP contribution in [0.4, 0.5) is 0 Å². The van der Waals surface area contributed by atoms with Crippen molar-refractivity contribution < 1.29 is 4.79 Å². The maximum absolute atomic E-state index is 12.5. The topological polar surface area (TPSA) is 46.3 Å². The molecular weight excluding hydrogens is 236 g/mol. The van der Waals surface area contributed by atoms with Gasteiger partial charge >= 0.3 is 0 Å². The molecule has 1 unspecified atom stereocenters. The molecule has 3 aliphatic rings. The molecule has 1 amide bonds. The second-order valence-electron chi connectivity index (χ2n) is 6.25. The summed E-state index contributed by atoms with van der Waals surface area (Å²) < 4.78 is 0. The average molecular weight is 260 g/mol. The zero-order chi connectivity index (χ0) is 13.2. The van der Waals surface area contributed by atoms with Crippen LogP contribution in [0.15, 0.2) is 24.3 Å². The highest BCUT2D eigenvalue weighted by Gasteiger charge is 2.37. The minimum Gasteiger partial charge on any atom is -0.337 e. The van der Waals surface area contributed by atoms with E-state index in [1.165, 1.54) is 12.8 Å². The summed E-state index contributed by atoms with van der Waals surface area (Å²) in [5.74, 6) is 1.41. The molecule has 2 aliphatic carbocycles. The largest absolute Gasteiger partial charge is 0.337 e. The van der Waals surface area contributed by atoms with E-state index in [2.05, 4.69) is 29.2 Å². The molecule has 3 nitrogen and oxygen atoms in total. The van der Waals surface area contributed by atoms with Crippen LogP contribution in [-0.4, -0.2) is 29.4 Å². The Labute approximate surface area is 115 Å². The standard InChI is InChI=1S/C16H24N2O/c17-14-7-4-8-15(13-5-2-1-3-6-13)18(16(14)19)11-12-9-10-12/h1-3,5,12-15H,4,6-11,17H2/t13?,14-,15-/m1/s1. The molecule has 3 rings (SSSR count). The molecule has 19 heavy (non-hydrogen) atoms. The van der Waals surface area contributed by atoms with Crippen molar-refractivity contribution in [1.29, 1.82) is 0 Å². The minimum atomic E-state index is -0.271. The fourth-order valence-electron chi connectivity index (χ4n) is 3.34. The van der Waals surface area contributed by atoms with Crippen molar-refractivity contribution in [3.63, 3.8) is 0 Å². The van der Waals surface area contributed by atoms with Gasteiger partial charge < -0.3 is 10.6 Å². The lowest BCUT2D eigenvalue weighted by Gasteiger charge is -2.36. The van der Waals surface area contributed by atoms with Crippen molar-refractivity contribution in [2.24, 2.45) is 17.6 Å². The molecule has 0 aromatic heterocycles. The van der Waals surface area contributed by atoms with Gasteiger partial charge in [-0.25, -0.2) is 0 Å². The number of nitrogens with zero attached hydrogens (tertiary/aromatic N) is 1. The Kier molecular flexibility index (Phi) is 3.74. The zero-order valence-electron chi connectivity index (χ0n) is 11.5. The predicted octanol–water partition coefficient (Wildman–Crippen LogP) is 2.24. The lowest BCUT2D eigenvalue weighted by molar-refractivity contribution is -0.135. The first-order chi connectivity index (χ1) is 9.25. The van der Waals surface area contributed by atoms with E-state index in [0.717, 1.165) is 38.1 Å². The van der Waals surface area contributed by atoms with E-state index in [0.29, 0.717) is 12.0 Å². The van der Waals surface area contributed by atoms with Gasteiger partial charge in [-0.1, -0.05) is 24.3 Å². The normalized spacial score (nSPS) is 35.5. The van der Waals surface area contributed by atoms with Crippen molar-refractivity contribution in [3.05, 3.63) is 24.3 Å². The van der Waals surface area contributed by atoms with Gasteiger partial charge in [0.1, 0.15) is 0 Å². The van der Waals surface area contributed by atoms with Crippen LogP contribution in [0.2, 0.25) is 0 Å². The van der Waals surface area contributed by atoms with Crippen LogP contribution >= 0.6 is 0 Å². The molecule has 2 N–H and O–H groups in total. The van der Waals surface area contributed by atoms with Gasteiger partial charge in [-0.3, -0.25) is 4.79 Å². The van der Waals surface area contributed by atoms with Crippen molar-refractivity contribution >= 4 is 5.91 Å². The number of likely N-dealkylation sites (tertiary alicyclic amines) is 1. The van der Waals surface area contributed by atoms with E-state index in [9.17, 15) is 4.79 Å². The molecule has 3 heteroatoms.